The molecule has 0 rings (SSSR count). The zero-order chi connectivity index (χ0) is 12.2. The molecular weight excluding hydrogens is 204 g/mol. The Morgan fingerprint density at radius 1 is 1.19 bits per heavy atom. The van der Waals surface area contributed by atoms with Crippen LogP contribution in [0.4, 0.5) is 0 Å². The number of carbonyl (C=O) groups is 1. The first-order chi connectivity index (χ1) is 7.74. The third-order valence-electron chi connectivity index (χ3n) is 2.47. The van der Waals surface area contributed by atoms with E-state index in [0.717, 1.165) is 38.8 Å². The summed E-state index contributed by atoms with van der Waals surface area (Å²) < 4.78 is 0. The minimum atomic E-state index is -0.104. The van der Waals surface area contributed by atoms with Gasteiger partial charge in [-0.3, -0.25) is 4.79 Å². The highest BCUT2D eigenvalue weighted by molar-refractivity contribution is 5.76. The molecule has 0 aliphatic heterocycles. The van der Waals surface area contributed by atoms with Gasteiger partial charge < -0.3 is 15.7 Å². The summed E-state index contributed by atoms with van der Waals surface area (Å²) in [4.78, 5) is 11.5. The van der Waals surface area contributed by atoms with E-state index in [-0.39, 0.29) is 18.6 Å². The summed E-state index contributed by atoms with van der Waals surface area (Å²) >= 11 is 0. The van der Waals surface area contributed by atoms with E-state index >= 15 is 0 Å². The summed E-state index contributed by atoms with van der Waals surface area (Å²) in [5.74, 6) is 0.0245. The van der Waals surface area contributed by atoms with Gasteiger partial charge in [0, 0.05) is 19.0 Å². The summed E-state index contributed by atoms with van der Waals surface area (Å²) in [5.41, 5.74) is 0. The molecule has 4 nitrogen and oxygen atoms in total. The second-order valence-corrected chi connectivity index (χ2v) is 4.09. The molecule has 1 amide bonds. The van der Waals surface area contributed by atoms with Crippen molar-refractivity contribution in [1.29, 1.82) is 0 Å². The Morgan fingerprint density at radius 2 is 1.81 bits per heavy atom. The molecule has 0 heterocycles. The number of carbonyl (C=O) groups excluding carboxylic acids is 1. The average Bonchev–Trinajstić information content (AvgIpc) is 2.28. The number of rotatable bonds is 10. The van der Waals surface area contributed by atoms with E-state index in [1.165, 1.54) is 0 Å². The molecule has 3 N–H and O–H groups in total. The average molecular weight is 230 g/mol. The van der Waals surface area contributed by atoms with Crippen LogP contribution in [-0.2, 0) is 4.79 Å². The second-order valence-electron chi connectivity index (χ2n) is 4.09. The molecule has 0 radical (unpaired) electrons. The maximum absolute atomic E-state index is 11.5. The third kappa shape index (κ3) is 8.68. The predicted octanol–water partition coefficient (Wildman–Crippen LogP) is 1.04. The van der Waals surface area contributed by atoms with Crippen molar-refractivity contribution in [3.63, 3.8) is 0 Å². The van der Waals surface area contributed by atoms with Crippen LogP contribution >= 0.6 is 0 Å². The maximum Gasteiger partial charge on any atom is 0.221 e. The van der Waals surface area contributed by atoms with Gasteiger partial charge in [0.1, 0.15) is 0 Å². The molecule has 0 aromatic carbocycles. The molecule has 4 heteroatoms. The van der Waals surface area contributed by atoms with Gasteiger partial charge in [0.2, 0.25) is 5.91 Å². The van der Waals surface area contributed by atoms with Gasteiger partial charge in [0.05, 0.1) is 6.61 Å². The van der Waals surface area contributed by atoms with Crippen LogP contribution in [0.5, 0.6) is 0 Å². The van der Waals surface area contributed by atoms with Crippen molar-refractivity contribution in [2.75, 3.05) is 19.7 Å². The fourth-order valence-electron chi connectivity index (χ4n) is 1.38. The van der Waals surface area contributed by atoms with Crippen LogP contribution in [0.25, 0.3) is 0 Å². The van der Waals surface area contributed by atoms with E-state index in [0.29, 0.717) is 6.42 Å². The zero-order valence-electron chi connectivity index (χ0n) is 10.6. The molecule has 0 aliphatic carbocycles. The van der Waals surface area contributed by atoms with Gasteiger partial charge in [-0.05, 0) is 19.4 Å². The fourth-order valence-corrected chi connectivity index (χ4v) is 1.38. The van der Waals surface area contributed by atoms with Gasteiger partial charge in [-0.2, -0.15) is 0 Å². The standard InChI is InChI=1S/C12H26N2O2/c1-3-5-7-13-11(10-15)9-12(16)14-8-6-4-2/h11,13,15H,3-10H2,1-2H3,(H,14,16). The monoisotopic (exact) mass is 230 g/mol. The highest BCUT2D eigenvalue weighted by Gasteiger charge is 2.11. The molecule has 0 fully saturated rings. The van der Waals surface area contributed by atoms with Crippen molar-refractivity contribution < 1.29 is 9.90 Å². The lowest BCUT2D eigenvalue weighted by Crippen LogP contribution is -2.38. The minimum absolute atomic E-state index is 0.0188. The van der Waals surface area contributed by atoms with Gasteiger partial charge in [0.25, 0.3) is 0 Å². The second kappa shape index (κ2) is 10.9. The molecule has 96 valence electrons. The van der Waals surface area contributed by atoms with Gasteiger partial charge >= 0.3 is 0 Å². The Kier molecular flexibility index (Phi) is 10.5. The molecule has 0 aliphatic rings. The first-order valence-corrected chi connectivity index (χ1v) is 6.35. The highest BCUT2D eigenvalue weighted by Crippen LogP contribution is 1.93. The van der Waals surface area contributed by atoms with Crippen molar-refractivity contribution in [2.45, 2.75) is 52.0 Å². The van der Waals surface area contributed by atoms with Crippen molar-refractivity contribution >= 4 is 5.91 Å². The van der Waals surface area contributed by atoms with E-state index in [9.17, 15) is 4.79 Å². The fraction of sp³-hybridized carbons (Fsp3) is 0.917. The first-order valence-electron chi connectivity index (χ1n) is 6.35. The quantitative estimate of drug-likeness (QED) is 0.491. The van der Waals surface area contributed by atoms with Gasteiger partial charge in [-0.25, -0.2) is 0 Å². The summed E-state index contributed by atoms with van der Waals surface area (Å²) in [6, 6.07) is -0.104. The highest BCUT2D eigenvalue weighted by atomic mass is 16.3. The number of hydrogen-bond donors (Lipinski definition) is 3. The van der Waals surface area contributed by atoms with E-state index in [1.807, 2.05) is 0 Å². The maximum atomic E-state index is 11.5. The van der Waals surface area contributed by atoms with E-state index in [1.54, 1.807) is 0 Å². The smallest absolute Gasteiger partial charge is 0.221 e. The number of aliphatic hydroxyl groups is 1. The summed E-state index contributed by atoms with van der Waals surface area (Å²) in [5, 5.41) is 15.1. The molecule has 1 unspecified atom stereocenters. The number of unbranched alkanes of at least 4 members (excludes halogenated alkanes) is 2. The van der Waals surface area contributed by atoms with Crippen molar-refractivity contribution in [3.05, 3.63) is 0 Å². The van der Waals surface area contributed by atoms with E-state index in [4.69, 9.17) is 5.11 Å². The normalized spacial score (nSPS) is 12.4. The minimum Gasteiger partial charge on any atom is -0.395 e. The lowest BCUT2D eigenvalue weighted by atomic mass is 10.2. The van der Waals surface area contributed by atoms with Crippen LogP contribution in [0, 0.1) is 0 Å². The lowest BCUT2D eigenvalue weighted by molar-refractivity contribution is -0.121. The largest absolute Gasteiger partial charge is 0.395 e. The Labute approximate surface area is 98.8 Å². The molecule has 1 atom stereocenters. The molecule has 16 heavy (non-hydrogen) atoms. The summed E-state index contributed by atoms with van der Waals surface area (Å²) in [7, 11) is 0. The van der Waals surface area contributed by atoms with E-state index < -0.39 is 0 Å². The van der Waals surface area contributed by atoms with Crippen LogP contribution in [0.1, 0.15) is 46.0 Å². The Bertz CT molecular complexity index is 174. The lowest BCUT2D eigenvalue weighted by Gasteiger charge is -2.15. The van der Waals surface area contributed by atoms with Gasteiger partial charge in [0.15, 0.2) is 0 Å². The number of hydrogen-bond acceptors (Lipinski definition) is 3. The van der Waals surface area contributed by atoms with Crippen LogP contribution in [0.2, 0.25) is 0 Å². The van der Waals surface area contributed by atoms with Crippen LogP contribution < -0.4 is 10.6 Å². The number of amides is 1. The molecule has 0 aromatic rings. The molecule has 0 aromatic heterocycles. The third-order valence-corrected chi connectivity index (χ3v) is 2.47. The number of nitrogens with one attached hydrogen (secondary N) is 2. The van der Waals surface area contributed by atoms with Crippen LogP contribution in [0.15, 0.2) is 0 Å². The van der Waals surface area contributed by atoms with Crippen molar-refractivity contribution in [1.82, 2.24) is 10.6 Å². The molecule has 0 saturated carbocycles. The van der Waals surface area contributed by atoms with Crippen LogP contribution in [-0.4, -0.2) is 36.8 Å². The van der Waals surface area contributed by atoms with E-state index in [2.05, 4.69) is 24.5 Å². The molecular formula is C12H26N2O2. The summed E-state index contributed by atoms with van der Waals surface area (Å²) in [6.07, 6.45) is 4.66. The molecule has 0 spiro atoms. The SMILES string of the molecule is CCCCNC(=O)CC(CO)NCCCC. The van der Waals surface area contributed by atoms with Gasteiger partial charge in [-0.1, -0.05) is 26.7 Å². The molecule has 0 bridgehead atoms. The zero-order valence-corrected chi connectivity index (χ0v) is 10.6. The first kappa shape index (κ1) is 15.4. The van der Waals surface area contributed by atoms with Crippen LogP contribution in [0.3, 0.4) is 0 Å². The Balaban J connectivity index is 3.61. The number of aliphatic hydroxyl groups excluding tert-OH is 1. The van der Waals surface area contributed by atoms with Crippen molar-refractivity contribution in [3.8, 4) is 0 Å². The molecule has 0 saturated heterocycles. The van der Waals surface area contributed by atoms with Crippen molar-refractivity contribution in [2.24, 2.45) is 0 Å². The Hall–Kier alpha value is -0.610. The predicted molar refractivity (Wildman–Crippen MR) is 66.3 cm³/mol. The topological polar surface area (TPSA) is 61.4 Å². The Morgan fingerprint density at radius 3 is 2.38 bits per heavy atom. The summed E-state index contributed by atoms with van der Waals surface area (Å²) in [6.45, 7) is 5.83. The van der Waals surface area contributed by atoms with Gasteiger partial charge in [-0.15, -0.1) is 0 Å².